The molecule has 3 fully saturated rings. The van der Waals surface area contributed by atoms with Crippen LogP contribution in [0, 0.1) is 5.41 Å². The van der Waals surface area contributed by atoms with Gasteiger partial charge in [0.1, 0.15) is 5.75 Å². The zero-order chi connectivity index (χ0) is 33.7. The molecule has 0 bridgehead atoms. The van der Waals surface area contributed by atoms with Crippen molar-refractivity contribution in [3.8, 4) is 17.0 Å². The Kier molecular flexibility index (Phi) is 9.19. The van der Waals surface area contributed by atoms with Crippen molar-refractivity contribution in [2.75, 3.05) is 47.4 Å². The van der Waals surface area contributed by atoms with Gasteiger partial charge in [0, 0.05) is 67.7 Å². The van der Waals surface area contributed by atoms with Crippen LogP contribution in [0.1, 0.15) is 98.5 Å². The first-order valence-electron chi connectivity index (χ1n) is 18.0. The van der Waals surface area contributed by atoms with Crippen molar-refractivity contribution in [3.63, 3.8) is 0 Å². The summed E-state index contributed by atoms with van der Waals surface area (Å²) in [6, 6.07) is 12.9. The molecule has 3 unspecified atom stereocenters. The van der Waals surface area contributed by atoms with E-state index in [-0.39, 0.29) is 17.7 Å². The van der Waals surface area contributed by atoms with Gasteiger partial charge in [-0.3, -0.25) is 14.3 Å². The van der Waals surface area contributed by atoms with Crippen LogP contribution < -0.4 is 9.46 Å². The summed E-state index contributed by atoms with van der Waals surface area (Å²) in [6.07, 6.45) is 8.77. The predicted octanol–water partition coefficient (Wildman–Crippen LogP) is 6.05. The van der Waals surface area contributed by atoms with E-state index in [1.54, 1.807) is 21.2 Å². The van der Waals surface area contributed by atoms with Gasteiger partial charge in [0.25, 0.3) is 5.91 Å². The van der Waals surface area contributed by atoms with Gasteiger partial charge in [-0.2, -0.15) is 0 Å². The monoisotopic (exact) mass is 673 g/mol. The van der Waals surface area contributed by atoms with Crippen LogP contribution >= 0.6 is 0 Å². The molecule has 1 aromatic heterocycles. The number of rotatable bonds is 9. The number of hydrogen-bond acceptors (Lipinski definition) is 5. The van der Waals surface area contributed by atoms with E-state index in [4.69, 9.17) is 4.74 Å². The Morgan fingerprint density at radius 3 is 2.40 bits per heavy atom. The van der Waals surface area contributed by atoms with Crippen molar-refractivity contribution < 1.29 is 18.5 Å². The molecular formula is C38H51N5O4S. The Labute approximate surface area is 287 Å². The molecule has 2 aliphatic heterocycles. The van der Waals surface area contributed by atoms with Crippen molar-refractivity contribution in [1.29, 1.82) is 0 Å². The Hall–Kier alpha value is -3.21. The minimum absolute atomic E-state index is 0.110. The van der Waals surface area contributed by atoms with Crippen LogP contribution in [0.4, 0.5) is 0 Å². The van der Waals surface area contributed by atoms with Crippen molar-refractivity contribution in [2.24, 2.45) is 5.41 Å². The third kappa shape index (κ3) is 5.67. The quantitative estimate of drug-likeness (QED) is 0.299. The van der Waals surface area contributed by atoms with Gasteiger partial charge in [0.05, 0.1) is 18.2 Å². The molecule has 3 atom stereocenters. The molecule has 9 nitrogen and oxygen atoms in total. The van der Waals surface area contributed by atoms with Gasteiger partial charge in [-0.1, -0.05) is 39.2 Å². The SMILES string of the molecule is CCN(CC)C1CCN(C(=O)C23CC2c2cc(OC)ccc2-c2c(C4CCCCC4)c4ccc(C(=O)NS(=O)N(C)C)cc4n2C3)CC1. The highest BCUT2D eigenvalue weighted by atomic mass is 32.2. The van der Waals surface area contributed by atoms with E-state index in [0.29, 0.717) is 24.1 Å². The van der Waals surface area contributed by atoms with Crippen LogP contribution in [0.25, 0.3) is 22.2 Å². The molecule has 2 saturated carbocycles. The second-order valence-corrected chi connectivity index (χ2v) is 16.0. The molecule has 0 spiro atoms. The lowest BCUT2D eigenvalue weighted by atomic mass is 9.81. The van der Waals surface area contributed by atoms with E-state index in [1.165, 1.54) is 46.0 Å². The van der Waals surface area contributed by atoms with Crippen LogP contribution in [-0.2, 0) is 22.5 Å². The summed E-state index contributed by atoms with van der Waals surface area (Å²) < 4.78 is 24.8. The highest BCUT2D eigenvalue weighted by molar-refractivity contribution is 7.81. The fraction of sp³-hybridized carbons (Fsp3) is 0.579. The Morgan fingerprint density at radius 1 is 1.00 bits per heavy atom. The van der Waals surface area contributed by atoms with E-state index in [1.807, 2.05) is 12.1 Å². The lowest BCUT2D eigenvalue weighted by Crippen LogP contribution is -2.49. The topological polar surface area (TPSA) is 87.1 Å². The van der Waals surface area contributed by atoms with Crippen molar-refractivity contribution in [3.05, 3.63) is 53.1 Å². The summed E-state index contributed by atoms with van der Waals surface area (Å²) in [4.78, 5) is 32.9. The molecule has 2 amide bonds. The summed E-state index contributed by atoms with van der Waals surface area (Å²) >= 11 is -1.63. The third-order valence-corrected chi connectivity index (χ3v) is 12.8. The van der Waals surface area contributed by atoms with Gasteiger partial charge in [-0.15, -0.1) is 0 Å². The zero-order valence-corrected chi connectivity index (χ0v) is 30.0. The average molecular weight is 674 g/mol. The number of amides is 2. The third-order valence-electron chi connectivity index (χ3n) is 11.8. The average Bonchev–Trinajstić information content (AvgIpc) is 3.78. The minimum Gasteiger partial charge on any atom is -0.497 e. The number of fused-ring (bicyclic) bond motifs is 7. The van der Waals surface area contributed by atoms with Crippen LogP contribution in [-0.4, -0.2) is 88.1 Å². The fourth-order valence-corrected chi connectivity index (χ4v) is 9.60. The molecule has 10 heteroatoms. The van der Waals surface area contributed by atoms with Crippen molar-refractivity contribution in [1.82, 2.24) is 23.4 Å². The van der Waals surface area contributed by atoms with Crippen molar-refractivity contribution in [2.45, 2.75) is 89.6 Å². The molecule has 3 heterocycles. The number of ether oxygens (including phenoxy) is 1. The maximum Gasteiger partial charge on any atom is 0.264 e. The van der Waals surface area contributed by atoms with Gasteiger partial charge >= 0.3 is 0 Å². The predicted molar refractivity (Wildman–Crippen MR) is 191 cm³/mol. The summed E-state index contributed by atoms with van der Waals surface area (Å²) in [5.41, 5.74) is 5.85. The Morgan fingerprint density at radius 2 is 1.73 bits per heavy atom. The van der Waals surface area contributed by atoms with Crippen LogP contribution in [0.3, 0.4) is 0 Å². The number of carbonyl (C=O) groups excluding carboxylic acids is 2. The maximum absolute atomic E-state index is 14.8. The van der Waals surface area contributed by atoms with Crippen molar-refractivity contribution >= 4 is 33.9 Å². The highest BCUT2D eigenvalue weighted by Crippen LogP contribution is 2.66. The Balaban J connectivity index is 1.35. The first kappa shape index (κ1) is 33.3. The lowest BCUT2D eigenvalue weighted by Gasteiger charge is -2.39. The standard InChI is InChI=1S/C38H51N5O4S/c1-6-41(7-2)27-17-19-42(20-18-27)37(45)38-23-32(38)31-22-28(47-5)14-16-29(31)35-34(25-11-9-8-10-12-25)30-15-13-26(21-33(30)43(35)24-38)36(44)39-48(46)40(3)4/h13-16,21-22,25,27,32H,6-12,17-20,23-24H2,1-5H3,(H,39,44). The number of hydrogen-bond donors (Lipinski definition) is 1. The smallest absolute Gasteiger partial charge is 0.264 e. The molecule has 1 saturated heterocycles. The van der Waals surface area contributed by atoms with E-state index >= 15 is 0 Å². The first-order chi connectivity index (χ1) is 23.2. The molecule has 0 radical (unpaired) electrons. The van der Waals surface area contributed by atoms with Gasteiger partial charge in [-0.25, -0.2) is 8.51 Å². The van der Waals surface area contributed by atoms with E-state index in [2.05, 4.69) is 57.2 Å². The number of nitrogens with zero attached hydrogens (tertiary/aromatic N) is 4. The second-order valence-electron chi connectivity index (χ2n) is 14.5. The number of aromatic nitrogens is 1. The van der Waals surface area contributed by atoms with E-state index in [9.17, 15) is 13.8 Å². The molecular weight excluding hydrogens is 623 g/mol. The number of benzene rings is 2. The highest BCUT2D eigenvalue weighted by Gasteiger charge is 2.64. The van der Waals surface area contributed by atoms with Gasteiger partial charge < -0.3 is 19.1 Å². The molecule has 1 N–H and O–H groups in total. The minimum atomic E-state index is -1.63. The molecule has 48 heavy (non-hydrogen) atoms. The summed E-state index contributed by atoms with van der Waals surface area (Å²) in [5, 5.41) is 1.16. The molecule has 258 valence electrons. The molecule has 2 aromatic carbocycles. The fourth-order valence-electron chi connectivity index (χ4n) is 9.14. The molecule has 7 rings (SSSR count). The van der Waals surface area contributed by atoms with Crippen LogP contribution in [0.2, 0.25) is 0 Å². The van der Waals surface area contributed by atoms with Crippen LogP contribution in [0.5, 0.6) is 5.75 Å². The maximum atomic E-state index is 14.8. The summed E-state index contributed by atoms with van der Waals surface area (Å²) in [7, 11) is 5.05. The largest absolute Gasteiger partial charge is 0.497 e. The summed E-state index contributed by atoms with van der Waals surface area (Å²) in [6.45, 7) is 8.69. The van der Waals surface area contributed by atoms with Crippen LogP contribution in [0.15, 0.2) is 36.4 Å². The summed E-state index contributed by atoms with van der Waals surface area (Å²) in [5.74, 6) is 1.23. The molecule has 2 aliphatic carbocycles. The van der Waals surface area contributed by atoms with Gasteiger partial charge in [-0.05, 0) is 92.6 Å². The number of nitrogens with one attached hydrogen (secondary N) is 1. The number of carbonyl (C=O) groups is 2. The van der Waals surface area contributed by atoms with Gasteiger partial charge in [0.15, 0.2) is 11.2 Å². The lowest BCUT2D eigenvalue weighted by molar-refractivity contribution is -0.139. The molecule has 4 aliphatic rings. The van der Waals surface area contributed by atoms with E-state index in [0.717, 1.165) is 74.9 Å². The Bertz CT molecular complexity index is 1730. The zero-order valence-electron chi connectivity index (χ0n) is 29.2. The van der Waals surface area contributed by atoms with Gasteiger partial charge in [0.2, 0.25) is 5.91 Å². The number of likely N-dealkylation sites (tertiary alicyclic amines) is 1. The number of piperidine rings is 1. The normalized spacial score (nSPS) is 23.4. The second kappa shape index (κ2) is 13.2. The molecule has 3 aromatic rings. The first-order valence-corrected chi connectivity index (χ1v) is 19.1. The van der Waals surface area contributed by atoms with E-state index < -0.39 is 16.6 Å². The number of methoxy groups -OCH3 is 1.